The third kappa shape index (κ3) is 3.38. The number of hydroxylamine groups is 2. The number of nitrogens with zero attached hydrogens (tertiary/aromatic N) is 1. The Morgan fingerprint density at radius 3 is 2.45 bits per heavy atom. The molecule has 1 aliphatic rings. The SMILES string of the molecule is CON(C)C(=O)C1(OCc2ccccc2)CCCCC1. The fourth-order valence-corrected chi connectivity index (χ4v) is 2.71. The van der Waals surface area contributed by atoms with E-state index in [1.54, 1.807) is 7.05 Å². The van der Waals surface area contributed by atoms with E-state index in [-0.39, 0.29) is 5.91 Å². The van der Waals surface area contributed by atoms with Crippen molar-refractivity contribution in [3.63, 3.8) is 0 Å². The van der Waals surface area contributed by atoms with Gasteiger partial charge < -0.3 is 4.74 Å². The van der Waals surface area contributed by atoms with Crippen molar-refractivity contribution >= 4 is 5.91 Å². The van der Waals surface area contributed by atoms with Crippen LogP contribution < -0.4 is 0 Å². The van der Waals surface area contributed by atoms with Crippen molar-refractivity contribution in [1.82, 2.24) is 5.06 Å². The zero-order valence-corrected chi connectivity index (χ0v) is 12.3. The standard InChI is InChI=1S/C16H23NO3/c1-17(19-2)15(18)16(11-7-4-8-12-16)20-13-14-9-5-3-6-10-14/h3,5-6,9-10H,4,7-8,11-13H2,1-2H3. The highest BCUT2D eigenvalue weighted by atomic mass is 16.7. The Kier molecular flexibility index (Phi) is 5.15. The number of amides is 1. The van der Waals surface area contributed by atoms with Gasteiger partial charge in [0.05, 0.1) is 13.7 Å². The van der Waals surface area contributed by atoms with Gasteiger partial charge in [-0.05, 0) is 18.4 Å². The maximum atomic E-state index is 12.5. The first kappa shape index (κ1) is 15.0. The second kappa shape index (κ2) is 6.86. The van der Waals surface area contributed by atoms with Crippen molar-refractivity contribution in [3.8, 4) is 0 Å². The summed E-state index contributed by atoms with van der Waals surface area (Å²) in [6.45, 7) is 0.462. The maximum absolute atomic E-state index is 12.5. The lowest BCUT2D eigenvalue weighted by Gasteiger charge is -2.37. The summed E-state index contributed by atoms with van der Waals surface area (Å²) in [5.41, 5.74) is 0.365. The van der Waals surface area contributed by atoms with E-state index in [0.717, 1.165) is 31.2 Å². The number of ether oxygens (including phenoxy) is 1. The molecule has 1 aromatic carbocycles. The molecule has 1 aromatic rings. The van der Waals surface area contributed by atoms with Gasteiger partial charge in [-0.15, -0.1) is 0 Å². The van der Waals surface area contributed by atoms with Gasteiger partial charge in [0.2, 0.25) is 0 Å². The van der Waals surface area contributed by atoms with E-state index in [4.69, 9.17) is 9.57 Å². The molecule has 1 aliphatic carbocycles. The normalized spacial score (nSPS) is 17.7. The van der Waals surface area contributed by atoms with E-state index in [9.17, 15) is 4.79 Å². The van der Waals surface area contributed by atoms with Gasteiger partial charge in [-0.2, -0.15) is 0 Å². The molecule has 0 spiro atoms. The average molecular weight is 277 g/mol. The number of carbonyl (C=O) groups is 1. The van der Waals surface area contributed by atoms with Gasteiger partial charge in [0.15, 0.2) is 0 Å². The van der Waals surface area contributed by atoms with Gasteiger partial charge in [-0.1, -0.05) is 49.6 Å². The summed E-state index contributed by atoms with van der Waals surface area (Å²) >= 11 is 0. The van der Waals surface area contributed by atoms with Crippen LogP contribution in [0.3, 0.4) is 0 Å². The summed E-state index contributed by atoms with van der Waals surface area (Å²) in [7, 11) is 3.15. The highest BCUT2D eigenvalue weighted by molar-refractivity contribution is 5.84. The van der Waals surface area contributed by atoms with E-state index in [1.807, 2.05) is 30.3 Å². The van der Waals surface area contributed by atoms with Crippen LogP contribution in [0.25, 0.3) is 0 Å². The molecule has 0 saturated heterocycles. The molecule has 0 N–H and O–H groups in total. The third-order valence-electron chi connectivity index (χ3n) is 3.97. The Morgan fingerprint density at radius 2 is 1.85 bits per heavy atom. The van der Waals surface area contributed by atoms with Crippen LogP contribution in [0.2, 0.25) is 0 Å². The zero-order valence-electron chi connectivity index (χ0n) is 12.3. The highest BCUT2D eigenvalue weighted by Crippen LogP contribution is 2.34. The van der Waals surface area contributed by atoms with Crippen molar-refractivity contribution in [2.75, 3.05) is 14.2 Å². The predicted molar refractivity (Wildman–Crippen MR) is 76.8 cm³/mol. The number of carbonyl (C=O) groups excluding carboxylic acids is 1. The molecule has 2 rings (SSSR count). The predicted octanol–water partition coefficient (Wildman–Crippen LogP) is 2.93. The van der Waals surface area contributed by atoms with Gasteiger partial charge in [-0.3, -0.25) is 9.63 Å². The Bertz CT molecular complexity index is 427. The van der Waals surface area contributed by atoms with Gasteiger partial charge in [0.25, 0.3) is 5.91 Å². The van der Waals surface area contributed by atoms with Crippen molar-refractivity contribution in [1.29, 1.82) is 0 Å². The van der Waals surface area contributed by atoms with Gasteiger partial charge in [0.1, 0.15) is 5.60 Å². The number of rotatable bonds is 5. The molecular weight excluding hydrogens is 254 g/mol. The molecule has 0 atom stereocenters. The lowest BCUT2D eigenvalue weighted by molar-refractivity contribution is -0.200. The summed E-state index contributed by atoms with van der Waals surface area (Å²) in [6.07, 6.45) is 4.76. The third-order valence-corrected chi connectivity index (χ3v) is 3.97. The van der Waals surface area contributed by atoms with Crippen molar-refractivity contribution in [2.45, 2.75) is 44.3 Å². The Balaban J connectivity index is 2.09. The second-order valence-corrected chi connectivity index (χ2v) is 5.31. The molecule has 0 radical (unpaired) electrons. The molecular formula is C16H23NO3. The van der Waals surface area contributed by atoms with Crippen LogP contribution in [-0.2, 0) is 21.0 Å². The van der Waals surface area contributed by atoms with Crippen LogP contribution in [0, 0.1) is 0 Å². The van der Waals surface area contributed by atoms with Gasteiger partial charge >= 0.3 is 0 Å². The van der Waals surface area contributed by atoms with E-state index in [2.05, 4.69) is 0 Å². The summed E-state index contributed by atoms with van der Waals surface area (Å²) in [5, 5.41) is 1.29. The summed E-state index contributed by atoms with van der Waals surface area (Å²) in [4.78, 5) is 17.6. The zero-order chi connectivity index (χ0) is 14.4. The number of likely N-dealkylation sites (N-methyl/N-ethyl adjacent to an activating group) is 1. The monoisotopic (exact) mass is 277 g/mol. The van der Waals surface area contributed by atoms with Crippen LogP contribution in [0.1, 0.15) is 37.7 Å². The lowest BCUT2D eigenvalue weighted by Crippen LogP contribution is -2.50. The molecule has 110 valence electrons. The molecule has 1 amide bonds. The highest BCUT2D eigenvalue weighted by Gasteiger charge is 2.42. The Labute approximate surface area is 120 Å². The smallest absolute Gasteiger partial charge is 0.278 e. The minimum atomic E-state index is -0.723. The first-order valence-electron chi connectivity index (χ1n) is 7.18. The summed E-state index contributed by atoms with van der Waals surface area (Å²) in [5.74, 6) is -0.0735. The number of hydrogen-bond donors (Lipinski definition) is 0. The number of benzene rings is 1. The van der Waals surface area contributed by atoms with E-state index in [1.165, 1.54) is 18.6 Å². The van der Waals surface area contributed by atoms with Crippen molar-refractivity contribution in [3.05, 3.63) is 35.9 Å². The molecule has 0 unspecified atom stereocenters. The quantitative estimate of drug-likeness (QED) is 0.777. The minimum absolute atomic E-state index is 0.0735. The summed E-state index contributed by atoms with van der Waals surface area (Å²) < 4.78 is 6.07. The lowest BCUT2D eigenvalue weighted by atomic mass is 9.83. The van der Waals surface area contributed by atoms with E-state index < -0.39 is 5.60 Å². The van der Waals surface area contributed by atoms with Crippen LogP contribution in [0.4, 0.5) is 0 Å². The van der Waals surface area contributed by atoms with Crippen LogP contribution in [0.15, 0.2) is 30.3 Å². The fraction of sp³-hybridized carbons (Fsp3) is 0.562. The second-order valence-electron chi connectivity index (χ2n) is 5.31. The molecule has 0 aliphatic heterocycles. The molecule has 20 heavy (non-hydrogen) atoms. The van der Waals surface area contributed by atoms with Crippen molar-refractivity contribution < 1.29 is 14.4 Å². The maximum Gasteiger partial charge on any atom is 0.278 e. The molecule has 0 heterocycles. The fourth-order valence-electron chi connectivity index (χ4n) is 2.71. The molecule has 1 saturated carbocycles. The average Bonchev–Trinajstić information content (AvgIpc) is 2.53. The van der Waals surface area contributed by atoms with Crippen LogP contribution in [-0.4, -0.2) is 30.7 Å². The molecule has 4 heteroatoms. The first-order chi connectivity index (χ1) is 9.68. The first-order valence-corrected chi connectivity index (χ1v) is 7.18. The summed E-state index contributed by atoms with van der Waals surface area (Å²) in [6, 6.07) is 9.97. The minimum Gasteiger partial charge on any atom is -0.360 e. The van der Waals surface area contributed by atoms with Gasteiger partial charge in [-0.25, -0.2) is 5.06 Å². The van der Waals surface area contributed by atoms with Crippen LogP contribution in [0.5, 0.6) is 0 Å². The number of hydrogen-bond acceptors (Lipinski definition) is 3. The van der Waals surface area contributed by atoms with Gasteiger partial charge in [0, 0.05) is 7.05 Å². The Morgan fingerprint density at radius 1 is 1.20 bits per heavy atom. The molecule has 0 aromatic heterocycles. The molecule has 1 fully saturated rings. The van der Waals surface area contributed by atoms with E-state index in [0.29, 0.717) is 6.61 Å². The molecule has 0 bridgehead atoms. The van der Waals surface area contributed by atoms with E-state index >= 15 is 0 Å². The topological polar surface area (TPSA) is 38.8 Å². The Hall–Kier alpha value is -1.39. The molecule has 4 nitrogen and oxygen atoms in total. The van der Waals surface area contributed by atoms with Crippen LogP contribution >= 0.6 is 0 Å². The largest absolute Gasteiger partial charge is 0.360 e. The van der Waals surface area contributed by atoms with Crippen molar-refractivity contribution in [2.24, 2.45) is 0 Å².